The minimum Gasteiger partial charge on any atom is -0.481 e. The molecule has 1 unspecified atom stereocenters. The maximum Gasteiger partial charge on any atom is 0.270 e. The number of nitrogens with zero attached hydrogens (tertiary/aromatic N) is 1. The number of hydrogen-bond acceptors (Lipinski definition) is 5. The fraction of sp³-hybridized carbons (Fsp3) is 0.417. The van der Waals surface area contributed by atoms with Crippen LogP contribution in [0.4, 0.5) is 5.69 Å². The molecule has 0 saturated heterocycles. The Balaban J connectivity index is 3.00. The van der Waals surface area contributed by atoms with Crippen LogP contribution in [0.15, 0.2) is 18.2 Å². The number of primary amides is 1. The van der Waals surface area contributed by atoms with Crippen molar-refractivity contribution in [2.24, 2.45) is 5.73 Å². The molecule has 1 rings (SSSR count). The van der Waals surface area contributed by atoms with Crippen molar-refractivity contribution >= 4 is 11.6 Å². The first kappa shape index (κ1) is 14.9. The molecule has 0 fully saturated rings. The third-order valence-corrected chi connectivity index (χ3v) is 2.52. The number of carbonyl (C=O) groups excluding carboxylic acids is 1. The quantitative estimate of drug-likeness (QED) is 0.565. The maximum absolute atomic E-state index is 11.0. The van der Waals surface area contributed by atoms with Crippen molar-refractivity contribution < 1.29 is 14.5 Å². The van der Waals surface area contributed by atoms with Crippen molar-refractivity contribution in [2.75, 3.05) is 6.54 Å². The second-order valence-corrected chi connectivity index (χ2v) is 3.99. The molecule has 104 valence electrons. The second-order valence-electron chi connectivity index (χ2n) is 3.99. The van der Waals surface area contributed by atoms with Gasteiger partial charge in [0.05, 0.1) is 4.92 Å². The molecule has 0 radical (unpaired) electrons. The SMILES string of the molecule is CCNCc1cc([N+](=O)[O-])ccc1OC(C)C(N)=O. The van der Waals surface area contributed by atoms with Gasteiger partial charge in [0.1, 0.15) is 5.75 Å². The van der Waals surface area contributed by atoms with Crippen molar-refractivity contribution in [3.05, 3.63) is 33.9 Å². The number of benzene rings is 1. The number of rotatable bonds is 7. The summed E-state index contributed by atoms with van der Waals surface area (Å²) in [7, 11) is 0. The molecule has 0 aromatic heterocycles. The molecule has 7 nitrogen and oxygen atoms in total. The topological polar surface area (TPSA) is 107 Å². The van der Waals surface area contributed by atoms with E-state index in [1.807, 2.05) is 6.92 Å². The van der Waals surface area contributed by atoms with Crippen LogP contribution in [-0.4, -0.2) is 23.5 Å². The van der Waals surface area contributed by atoms with Gasteiger partial charge in [-0.2, -0.15) is 0 Å². The molecule has 0 bridgehead atoms. The molecule has 1 amide bonds. The van der Waals surface area contributed by atoms with E-state index in [4.69, 9.17) is 10.5 Å². The Morgan fingerprint density at radius 2 is 2.26 bits per heavy atom. The van der Waals surface area contributed by atoms with Crippen molar-refractivity contribution in [3.63, 3.8) is 0 Å². The van der Waals surface area contributed by atoms with E-state index >= 15 is 0 Å². The van der Waals surface area contributed by atoms with Crippen molar-refractivity contribution in [1.29, 1.82) is 0 Å². The average Bonchev–Trinajstić information content (AvgIpc) is 2.37. The maximum atomic E-state index is 11.0. The number of amides is 1. The molecule has 1 atom stereocenters. The number of nitrogens with two attached hydrogens (primary N) is 1. The Labute approximate surface area is 110 Å². The number of carbonyl (C=O) groups is 1. The van der Waals surface area contributed by atoms with Crippen LogP contribution in [0.1, 0.15) is 19.4 Å². The van der Waals surface area contributed by atoms with Crippen LogP contribution in [0.5, 0.6) is 5.75 Å². The van der Waals surface area contributed by atoms with Gasteiger partial charge in [-0.25, -0.2) is 0 Å². The van der Waals surface area contributed by atoms with E-state index in [-0.39, 0.29) is 5.69 Å². The zero-order valence-electron chi connectivity index (χ0n) is 10.9. The largest absolute Gasteiger partial charge is 0.481 e. The van der Waals surface area contributed by atoms with Crippen LogP contribution in [0.3, 0.4) is 0 Å². The number of hydrogen-bond donors (Lipinski definition) is 2. The lowest BCUT2D eigenvalue weighted by Gasteiger charge is -2.15. The number of non-ortho nitro benzene ring substituents is 1. The molecule has 0 aliphatic heterocycles. The molecule has 0 aliphatic rings. The summed E-state index contributed by atoms with van der Waals surface area (Å²) >= 11 is 0. The average molecular weight is 267 g/mol. The number of ether oxygens (including phenoxy) is 1. The Morgan fingerprint density at radius 3 is 2.79 bits per heavy atom. The van der Waals surface area contributed by atoms with E-state index in [0.717, 1.165) is 0 Å². The molecule has 0 saturated carbocycles. The first-order valence-corrected chi connectivity index (χ1v) is 5.89. The summed E-state index contributed by atoms with van der Waals surface area (Å²) in [6.07, 6.45) is -0.790. The molecule has 7 heteroatoms. The third kappa shape index (κ3) is 4.22. The number of nitro benzene ring substituents is 1. The first-order valence-electron chi connectivity index (χ1n) is 5.89. The fourth-order valence-corrected chi connectivity index (χ4v) is 1.44. The highest BCUT2D eigenvalue weighted by Crippen LogP contribution is 2.25. The Morgan fingerprint density at radius 1 is 1.58 bits per heavy atom. The summed E-state index contributed by atoms with van der Waals surface area (Å²) in [5.41, 5.74) is 5.72. The van der Waals surface area contributed by atoms with E-state index in [2.05, 4.69) is 5.32 Å². The van der Waals surface area contributed by atoms with E-state index in [1.54, 1.807) is 0 Å². The summed E-state index contributed by atoms with van der Waals surface area (Å²) in [5, 5.41) is 13.8. The van der Waals surface area contributed by atoms with Crippen LogP contribution in [0.25, 0.3) is 0 Å². The van der Waals surface area contributed by atoms with E-state index in [1.165, 1.54) is 25.1 Å². The first-order chi connectivity index (χ1) is 8.95. The normalized spacial score (nSPS) is 11.9. The lowest BCUT2D eigenvalue weighted by Crippen LogP contribution is -2.31. The van der Waals surface area contributed by atoms with Gasteiger partial charge < -0.3 is 15.8 Å². The van der Waals surface area contributed by atoms with Crippen LogP contribution in [-0.2, 0) is 11.3 Å². The lowest BCUT2D eigenvalue weighted by molar-refractivity contribution is -0.384. The molecule has 1 aromatic carbocycles. The van der Waals surface area contributed by atoms with Crippen LogP contribution in [0, 0.1) is 10.1 Å². The van der Waals surface area contributed by atoms with E-state index < -0.39 is 16.9 Å². The van der Waals surface area contributed by atoms with Crippen molar-refractivity contribution in [1.82, 2.24) is 5.32 Å². The Hall–Kier alpha value is -2.15. The fourth-order valence-electron chi connectivity index (χ4n) is 1.44. The molecule has 0 heterocycles. The van der Waals surface area contributed by atoms with Gasteiger partial charge in [0.25, 0.3) is 11.6 Å². The standard InChI is InChI=1S/C12H17N3O4/c1-3-14-7-9-6-10(15(17)18)4-5-11(9)19-8(2)12(13)16/h4-6,8,14H,3,7H2,1-2H3,(H2,13,16). The highest BCUT2D eigenvalue weighted by molar-refractivity contribution is 5.78. The summed E-state index contributed by atoms with van der Waals surface area (Å²) < 4.78 is 5.40. The summed E-state index contributed by atoms with van der Waals surface area (Å²) in [6.45, 7) is 4.58. The van der Waals surface area contributed by atoms with Gasteiger partial charge in [-0.05, 0) is 19.5 Å². The summed E-state index contributed by atoms with van der Waals surface area (Å²) in [5.74, 6) is -0.175. The predicted molar refractivity (Wildman–Crippen MR) is 69.8 cm³/mol. The molecular weight excluding hydrogens is 250 g/mol. The van der Waals surface area contributed by atoms with Gasteiger partial charge in [0.2, 0.25) is 0 Å². The third-order valence-electron chi connectivity index (χ3n) is 2.52. The van der Waals surface area contributed by atoms with Crippen LogP contribution < -0.4 is 15.8 Å². The van der Waals surface area contributed by atoms with Gasteiger partial charge in [-0.3, -0.25) is 14.9 Å². The van der Waals surface area contributed by atoms with Crippen LogP contribution >= 0.6 is 0 Å². The molecule has 1 aromatic rings. The monoisotopic (exact) mass is 267 g/mol. The van der Waals surface area contributed by atoms with Crippen molar-refractivity contribution in [2.45, 2.75) is 26.5 Å². The molecule has 0 aliphatic carbocycles. The minimum atomic E-state index is -0.790. The zero-order valence-corrected chi connectivity index (χ0v) is 10.9. The smallest absolute Gasteiger partial charge is 0.270 e. The lowest BCUT2D eigenvalue weighted by atomic mass is 10.1. The highest BCUT2D eigenvalue weighted by atomic mass is 16.6. The zero-order chi connectivity index (χ0) is 14.4. The second kappa shape index (κ2) is 6.69. The number of nitrogens with one attached hydrogen (secondary N) is 1. The molecular formula is C12H17N3O4. The van der Waals surface area contributed by atoms with Gasteiger partial charge in [-0.15, -0.1) is 0 Å². The van der Waals surface area contributed by atoms with E-state index in [0.29, 0.717) is 24.4 Å². The van der Waals surface area contributed by atoms with E-state index in [9.17, 15) is 14.9 Å². The van der Waals surface area contributed by atoms with Gasteiger partial charge >= 0.3 is 0 Å². The van der Waals surface area contributed by atoms with Gasteiger partial charge in [0.15, 0.2) is 6.10 Å². The predicted octanol–water partition coefficient (Wildman–Crippen LogP) is 0.957. The molecule has 3 N–H and O–H groups in total. The van der Waals surface area contributed by atoms with Gasteiger partial charge in [0, 0.05) is 24.2 Å². The molecule has 19 heavy (non-hydrogen) atoms. The Bertz CT molecular complexity index is 476. The van der Waals surface area contributed by atoms with Crippen LogP contribution in [0.2, 0.25) is 0 Å². The van der Waals surface area contributed by atoms with Gasteiger partial charge in [-0.1, -0.05) is 6.92 Å². The summed E-state index contributed by atoms with van der Waals surface area (Å²) in [6, 6.07) is 4.23. The molecule has 0 spiro atoms. The minimum absolute atomic E-state index is 0.0213. The van der Waals surface area contributed by atoms with Crippen molar-refractivity contribution in [3.8, 4) is 5.75 Å². The Kier molecular flexibility index (Phi) is 5.25. The summed E-state index contributed by atoms with van der Waals surface area (Å²) in [4.78, 5) is 21.2. The highest BCUT2D eigenvalue weighted by Gasteiger charge is 2.16. The number of nitro groups is 1.